The fourth-order valence-corrected chi connectivity index (χ4v) is 2.00. The normalized spacial score (nSPS) is 9.76. The van der Waals surface area contributed by atoms with Crippen LogP contribution in [0.4, 0.5) is 0 Å². The minimum atomic E-state index is -1.87. The van der Waals surface area contributed by atoms with Crippen LogP contribution in [0, 0.1) is 0 Å². The van der Waals surface area contributed by atoms with Gasteiger partial charge in [-0.15, -0.1) is 9.05 Å². The van der Waals surface area contributed by atoms with Crippen molar-refractivity contribution < 1.29 is 47.6 Å². The quantitative estimate of drug-likeness (QED) is 0.214. The summed E-state index contributed by atoms with van der Waals surface area (Å²) in [5.41, 5.74) is 0. The van der Waals surface area contributed by atoms with E-state index in [-0.39, 0.29) is 32.5 Å². The van der Waals surface area contributed by atoms with Crippen molar-refractivity contribution in [3.8, 4) is 0 Å². The third-order valence-electron chi connectivity index (χ3n) is 2.59. The van der Waals surface area contributed by atoms with Crippen LogP contribution in [0.3, 0.4) is 0 Å². The first-order valence-electron chi connectivity index (χ1n) is 7.74. The van der Waals surface area contributed by atoms with E-state index in [0.29, 0.717) is 13.2 Å². The summed E-state index contributed by atoms with van der Waals surface area (Å²) in [6, 6.07) is 0. The van der Waals surface area contributed by atoms with Gasteiger partial charge in [-0.25, -0.2) is 0 Å². The maximum Gasteiger partial charge on any atom is 0.697 e. The molecule has 0 spiro atoms. The van der Waals surface area contributed by atoms with Gasteiger partial charge in [0.2, 0.25) is 0 Å². The maximum absolute atomic E-state index is 11.2. The van der Waals surface area contributed by atoms with Crippen LogP contribution in [0.25, 0.3) is 0 Å². The van der Waals surface area contributed by atoms with Gasteiger partial charge in [-0.2, -0.15) is 0 Å². The fraction of sp³-hybridized carbons (Fsp3) is 0.929. The zero-order valence-corrected chi connectivity index (χ0v) is 20.2. The molecule has 0 aliphatic heterocycles. The van der Waals surface area contributed by atoms with Crippen molar-refractivity contribution in [1.29, 1.82) is 0 Å². The second-order valence-electron chi connectivity index (χ2n) is 4.65. The minimum absolute atomic E-state index is 0.159. The molecule has 0 rings (SSSR count). The zero-order chi connectivity index (χ0) is 16.3. The van der Waals surface area contributed by atoms with E-state index >= 15 is 0 Å². The summed E-state index contributed by atoms with van der Waals surface area (Å²) >= 11 is 0.194. The number of carbonyl (C=O) groups excluding carboxylic acids is 1. The number of carbonyl (C=O) groups is 1. The van der Waals surface area contributed by atoms with Crippen molar-refractivity contribution in [3.05, 3.63) is 0 Å². The molecule has 0 unspecified atom stereocenters. The SMILES string of the molecule is CC(=O)[O][Hg].CCCCCCO[P+](=O)OCCCCCC. The van der Waals surface area contributed by atoms with Crippen LogP contribution in [0.5, 0.6) is 0 Å². The van der Waals surface area contributed by atoms with Crippen molar-refractivity contribution >= 4 is 14.2 Å². The standard InChI is InChI=1S/C12H26O3P.C2H4O2.Hg/c1-3-5-7-9-11-14-16(13)15-12-10-8-6-4-2;1-2(3)4;/h3-12H2,1-2H3;1H3,(H,3,4);/q+1;;+1/p-1. The van der Waals surface area contributed by atoms with E-state index in [1.807, 2.05) is 0 Å². The molecule has 0 aliphatic carbocycles. The average molecular weight is 509 g/mol. The van der Waals surface area contributed by atoms with E-state index in [1.54, 1.807) is 0 Å². The van der Waals surface area contributed by atoms with Gasteiger partial charge >= 0.3 is 55.2 Å². The van der Waals surface area contributed by atoms with Crippen LogP contribution in [0.1, 0.15) is 72.1 Å². The molecule has 0 fully saturated rings. The van der Waals surface area contributed by atoms with Crippen LogP contribution < -0.4 is 0 Å². The largest absolute Gasteiger partial charge is 0.697 e. The van der Waals surface area contributed by atoms with Gasteiger partial charge in [0.05, 0.1) is 0 Å². The molecule has 0 N–H and O–H groups in total. The zero-order valence-electron chi connectivity index (χ0n) is 13.8. The van der Waals surface area contributed by atoms with E-state index in [4.69, 9.17) is 9.05 Å². The summed E-state index contributed by atoms with van der Waals surface area (Å²) in [4.78, 5) is 9.64. The molecule has 0 saturated heterocycles. The molecule has 0 aromatic carbocycles. The number of hydrogen-bond donors (Lipinski definition) is 0. The first-order valence-corrected chi connectivity index (χ1v) is 11.1. The Morgan fingerprint density at radius 3 is 1.57 bits per heavy atom. The molecule has 0 aliphatic rings. The first kappa shape index (κ1) is 23.7. The monoisotopic (exact) mass is 510 g/mol. The number of rotatable bonds is 12. The van der Waals surface area contributed by atoms with Crippen LogP contribution in [0.2, 0.25) is 0 Å². The minimum Gasteiger partial charge on any atom is -0.119 e. The Bertz CT molecular complexity index is 236. The molecule has 0 heterocycles. The Balaban J connectivity index is 0. The average Bonchev–Trinajstić information content (AvgIpc) is 2.47. The summed E-state index contributed by atoms with van der Waals surface area (Å²) in [7, 11) is -1.87. The Morgan fingerprint density at radius 2 is 1.29 bits per heavy atom. The van der Waals surface area contributed by atoms with E-state index in [2.05, 4.69) is 16.5 Å². The van der Waals surface area contributed by atoms with Crippen LogP contribution in [0.15, 0.2) is 0 Å². The van der Waals surface area contributed by atoms with Crippen LogP contribution in [-0.4, -0.2) is 19.2 Å². The van der Waals surface area contributed by atoms with Gasteiger partial charge < -0.3 is 0 Å². The molecule has 0 aromatic rings. The van der Waals surface area contributed by atoms with Crippen LogP contribution in [-0.2, 0) is 47.6 Å². The van der Waals surface area contributed by atoms with Crippen molar-refractivity contribution in [2.75, 3.05) is 13.2 Å². The molecular weight excluding hydrogens is 480 g/mol. The van der Waals surface area contributed by atoms with Gasteiger partial charge in [0.25, 0.3) is 0 Å². The van der Waals surface area contributed by atoms with E-state index < -0.39 is 8.25 Å². The third-order valence-corrected chi connectivity index (χ3v) is 4.96. The molecule has 21 heavy (non-hydrogen) atoms. The van der Waals surface area contributed by atoms with Gasteiger partial charge in [-0.1, -0.05) is 52.4 Å². The van der Waals surface area contributed by atoms with Gasteiger partial charge in [-0.05, 0) is 12.8 Å². The molecule has 0 saturated carbocycles. The topological polar surface area (TPSA) is 61.8 Å². The first-order chi connectivity index (χ1) is 10.1. The molecule has 0 radical (unpaired) electrons. The number of hydrogen-bond acceptors (Lipinski definition) is 5. The fourth-order valence-electron chi connectivity index (χ4n) is 1.37. The Labute approximate surface area is 147 Å². The predicted molar refractivity (Wildman–Crippen MR) is 79.6 cm³/mol. The molecule has 121 valence electrons. The molecule has 0 amide bonds. The van der Waals surface area contributed by atoms with E-state index in [9.17, 15) is 9.36 Å². The van der Waals surface area contributed by atoms with Crippen molar-refractivity contribution in [3.63, 3.8) is 0 Å². The molecule has 5 nitrogen and oxygen atoms in total. The van der Waals surface area contributed by atoms with E-state index in [1.165, 1.54) is 32.6 Å². The summed E-state index contributed by atoms with van der Waals surface area (Å²) in [5.74, 6) is -0.159. The van der Waals surface area contributed by atoms with Gasteiger partial charge in [0.15, 0.2) is 0 Å². The summed E-state index contributed by atoms with van der Waals surface area (Å²) in [6.45, 7) is 6.86. The Hall–Kier alpha value is 0.425. The Morgan fingerprint density at radius 1 is 0.905 bits per heavy atom. The maximum atomic E-state index is 11.2. The van der Waals surface area contributed by atoms with Crippen molar-refractivity contribution in [1.82, 2.24) is 0 Å². The molecule has 0 bridgehead atoms. The second kappa shape index (κ2) is 20.4. The van der Waals surface area contributed by atoms with Crippen molar-refractivity contribution in [2.45, 2.75) is 72.1 Å². The van der Waals surface area contributed by atoms with Crippen molar-refractivity contribution in [2.24, 2.45) is 0 Å². The van der Waals surface area contributed by atoms with Gasteiger partial charge in [0, 0.05) is 4.57 Å². The Kier molecular flexibility index (Phi) is 23.0. The predicted octanol–water partition coefficient (Wildman–Crippen LogP) is 4.85. The third kappa shape index (κ3) is 25.7. The van der Waals surface area contributed by atoms with Gasteiger partial charge in [0.1, 0.15) is 13.2 Å². The van der Waals surface area contributed by atoms with E-state index in [0.717, 1.165) is 25.7 Å². The molecule has 0 atom stereocenters. The van der Waals surface area contributed by atoms with Gasteiger partial charge in [-0.3, -0.25) is 0 Å². The summed E-state index contributed by atoms with van der Waals surface area (Å²) < 4.78 is 25.7. The molecule has 0 aromatic heterocycles. The molecule has 7 heteroatoms. The second-order valence-corrected chi connectivity index (χ2v) is 6.73. The van der Waals surface area contributed by atoms with Crippen LogP contribution >= 0.6 is 8.25 Å². The number of unbranched alkanes of at least 4 members (excludes halogenated alkanes) is 6. The summed E-state index contributed by atoms with van der Waals surface area (Å²) in [5, 5.41) is 0. The summed E-state index contributed by atoms with van der Waals surface area (Å²) in [6.07, 6.45) is 9.12. The molecular formula is C14H29HgO5P+. The smallest absolute Gasteiger partial charge is 0.119 e.